The van der Waals surface area contributed by atoms with Crippen LogP contribution in [-0.2, 0) is 4.79 Å². The Hall–Kier alpha value is -1.92. The smallest absolute Gasteiger partial charge is 0.254 e. The molecular weight excluding hydrogens is 342 g/mol. The van der Waals surface area contributed by atoms with Crippen molar-refractivity contribution in [3.05, 3.63) is 29.8 Å². The molecule has 3 aliphatic rings. The molecule has 2 amide bonds. The molecule has 3 heterocycles. The molecule has 3 aliphatic heterocycles. The fraction of sp³-hybridized carbons (Fsp3) is 0.619. The second kappa shape index (κ2) is 7.24. The lowest BCUT2D eigenvalue weighted by Gasteiger charge is -2.54. The van der Waals surface area contributed by atoms with E-state index in [1.165, 1.54) is 0 Å². The molecule has 1 aromatic rings. The highest BCUT2D eigenvalue weighted by Gasteiger charge is 2.48. The maximum absolute atomic E-state index is 13.3. The second-order valence-corrected chi connectivity index (χ2v) is 8.35. The number of benzene rings is 1. The summed E-state index contributed by atoms with van der Waals surface area (Å²) in [4.78, 5) is 31.2. The van der Waals surface area contributed by atoms with E-state index in [9.17, 15) is 14.7 Å². The van der Waals surface area contributed by atoms with Crippen molar-refractivity contribution >= 4 is 17.5 Å². The predicted molar refractivity (Wildman–Crippen MR) is 104 cm³/mol. The largest absolute Gasteiger partial charge is 0.396 e. The molecule has 27 heavy (non-hydrogen) atoms. The maximum atomic E-state index is 13.3. The Morgan fingerprint density at radius 3 is 2.59 bits per heavy atom. The van der Waals surface area contributed by atoms with Crippen LogP contribution in [0.25, 0.3) is 0 Å². The zero-order chi connectivity index (χ0) is 19.0. The van der Waals surface area contributed by atoms with Crippen LogP contribution >= 0.6 is 0 Å². The van der Waals surface area contributed by atoms with Gasteiger partial charge < -0.3 is 19.8 Å². The molecule has 1 N–H and O–H groups in total. The molecule has 6 heteroatoms. The third-order valence-corrected chi connectivity index (χ3v) is 6.71. The number of aliphatic hydroxyl groups excluding tert-OH is 1. The molecule has 3 saturated heterocycles. The van der Waals surface area contributed by atoms with E-state index in [4.69, 9.17) is 0 Å². The van der Waals surface area contributed by atoms with Crippen molar-refractivity contribution in [2.45, 2.75) is 38.1 Å². The topological polar surface area (TPSA) is 64.1 Å². The van der Waals surface area contributed by atoms with E-state index < -0.39 is 0 Å². The molecule has 0 bridgehead atoms. The van der Waals surface area contributed by atoms with Crippen molar-refractivity contribution in [2.24, 2.45) is 5.41 Å². The van der Waals surface area contributed by atoms with Gasteiger partial charge >= 0.3 is 0 Å². The molecule has 0 aromatic heterocycles. The Morgan fingerprint density at radius 1 is 1.15 bits per heavy atom. The van der Waals surface area contributed by atoms with Gasteiger partial charge in [0, 0.05) is 42.7 Å². The number of rotatable bonds is 3. The number of amides is 2. The van der Waals surface area contributed by atoms with Crippen LogP contribution in [0.2, 0.25) is 0 Å². The van der Waals surface area contributed by atoms with Gasteiger partial charge in [-0.25, -0.2) is 0 Å². The van der Waals surface area contributed by atoms with E-state index >= 15 is 0 Å². The van der Waals surface area contributed by atoms with E-state index in [1.54, 1.807) is 4.90 Å². The summed E-state index contributed by atoms with van der Waals surface area (Å²) in [5, 5.41) is 10.1. The first-order valence-corrected chi connectivity index (χ1v) is 10.0. The first-order chi connectivity index (χ1) is 13.0. The van der Waals surface area contributed by atoms with E-state index in [1.807, 2.05) is 29.2 Å². The van der Waals surface area contributed by atoms with Crippen molar-refractivity contribution in [2.75, 3.05) is 44.7 Å². The Kier molecular flexibility index (Phi) is 4.95. The summed E-state index contributed by atoms with van der Waals surface area (Å²) in [5.74, 6) is 0.190. The van der Waals surface area contributed by atoms with Crippen molar-refractivity contribution in [3.63, 3.8) is 0 Å². The SMILES string of the molecule is CN1CC[C@@]2(CO)CCCN(C(=O)c3ccc(N4CCCC4=O)cc3)[C@@H]2C1. The van der Waals surface area contributed by atoms with Gasteiger partial charge in [0.2, 0.25) is 5.91 Å². The molecule has 0 radical (unpaired) electrons. The number of hydrogen-bond acceptors (Lipinski definition) is 4. The Morgan fingerprint density at radius 2 is 1.93 bits per heavy atom. The number of likely N-dealkylation sites (N-methyl/N-ethyl adjacent to an activating group) is 1. The number of aliphatic hydroxyl groups is 1. The molecule has 0 unspecified atom stereocenters. The van der Waals surface area contributed by atoms with Gasteiger partial charge in [0.25, 0.3) is 5.91 Å². The summed E-state index contributed by atoms with van der Waals surface area (Å²) in [7, 11) is 2.08. The van der Waals surface area contributed by atoms with Crippen LogP contribution in [0.4, 0.5) is 5.69 Å². The highest BCUT2D eigenvalue weighted by molar-refractivity contribution is 5.97. The minimum absolute atomic E-state index is 0.0344. The standard InChI is InChI=1S/C21H29N3O3/c1-22-13-10-21(15-25)9-3-12-24(18(21)14-22)20(27)16-5-7-17(8-6-16)23-11-2-4-19(23)26/h5-8,18,25H,2-4,9-15H2,1H3/t18-,21-/m1/s1. The number of likely N-dealkylation sites (tertiary alicyclic amines) is 2. The Balaban J connectivity index is 1.55. The second-order valence-electron chi connectivity index (χ2n) is 8.35. The lowest BCUT2D eigenvalue weighted by molar-refractivity contribution is -0.117. The number of fused-ring (bicyclic) bond motifs is 1. The third kappa shape index (κ3) is 3.25. The first-order valence-electron chi connectivity index (χ1n) is 10.0. The van der Waals surface area contributed by atoms with Gasteiger partial charge in [-0.05, 0) is 63.5 Å². The molecule has 4 rings (SSSR count). The molecule has 3 fully saturated rings. The van der Waals surface area contributed by atoms with Crippen LogP contribution in [0.5, 0.6) is 0 Å². The average molecular weight is 371 g/mol. The predicted octanol–water partition coefficient (Wildman–Crippen LogP) is 1.73. The summed E-state index contributed by atoms with van der Waals surface area (Å²) in [6, 6.07) is 7.50. The number of piperidine rings is 2. The summed E-state index contributed by atoms with van der Waals surface area (Å²) in [6.45, 7) is 3.42. The highest BCUT2D eigenvalue weighted by Crippen LogP contribution is 2.42. The normalized spacial score (nSPS) is 29.1. The minimum Gasteiger partial charge on any atom is -0.396 e. The zero-order valence-electron chi connectivity index (χ0n) is 16.1. The number of hydrogen-bond donors (Lipinski definition) is 1. The summed E-state index contributed by atoms with van der Waals surface area (Å²) < 4.78 is 0. The average Bonchev–Trinajstić information content (AvgIpc) is 3.13. The fourth-order valence-electron chi connectivity index (χ4n) is 5.02. The van der Waals surface area contributed by atoms with Crippen LogP contribution in [0.3, 0.4) is 0 Å². The van der Waals surface area contributed by atoms with Crippen molar-refractivity contribution in [1.82, 2.24) is 9.80 Å². The van der Waals surface area contributed by atoms with Gasteiger partial charge in [-0.15, -0.1) is 0 Å². The quantitative estimate of drug-likeness (QED) is 0.879. The molecule has 146 valence electrons. The number of carbonyl (C=O) groups excluding carboxylic acids is 2. The first kappa shape index (κ1) is 18.4. The highest BCUT2D eigenvalue weighted by atomic mass is 16.3. The van der Waals surface area contributed by atoms with E-state index in [-0.39, 0.29) is 29.9 Å². The van der Waals surface area contributed by atoms with Crippen LogP contribution in [0.1, 0.15) is 42.5 Å². The lowest BCUT2D eigenvalue weighted by Crippen LogP contribution is -2.63. The van der Waals surface area contributed by atoms with Crippen molar-refractivity contribution in [1.29, 1.82) is 0 Å². The fourth-order valence-corrected chi connectivity index (χ4v) is 5.02. The lowest BCUT2D eigenvalue weighted by atomic mass is 9.69. The third-order valence-electron chi connectivity index (χ3n) is 6.71. The van der Waals surface area contributed by atoms with Crippen molar-refractivity contribution < 1.29 is 14.7 Å². The van der Waals surface area contributed by atoms with Crippen LogP contribution in [-0.4, -0.2) is 72.6 Å². The molecule has 0 spiro atoms. The maximum Gasteiger partial charge on any atom is 0.254 e. The van der Waals surface area contributed by atoms with Gasteiger partial charge in [-0.2, -0.15) is 0 Å². The van der Waals surface area contributed by atoms with Gasteiger partial charge in [0.15, 0.2) is 0 Å². The molecule has 0 saturated carbocycles. The van der Waals surface area contributed by atoms with Gasteiger partial charge in [0.05, 0.1) is 12.6 Å². The van der Waals surface area contributed by atoms with E-state index in [0.717, 1.165) is 57.5 Å². The minimum atomic E-state index is -0.164. The van der Waals surface area contributed by atoms with Crippen LogP contribution in [0.15, 0.2) is 24.3 Å². The van der Waals surface area contributed by atoms with Gasteiger partial charge in [-0.1, -0.05) is 0 Å². The van der Waals surface area contributed by atoms with Gasteiger partial charge in [-0.3, -0.25) is 9.59 Å². The van der Waals surface area contributed by atoms with Gasteiger partial charge in [0.1, 0.15) is 0 Å². The van der Waals surface area contributed by atoms with Crippen LogP contribution in [0, 0.1) is 5.41 Å². The van der Waals surface area contributed by atoms with Crippen molar-refractivity contribution in [3.8, 4) is 0 Å². The molecule has 6 nitrogen and oxygen atoms in total. The number of carbonyl (C=O) groups is 2. The zero-order valence-corrected chi connectivity index (χ0v) is 16.1. The van der Waals surface area contributed by atoms with E-state index in [2.05, 4.69) is 11.9 Å². The number of nitrogens with zero attached hydrogens (tertiary/aromatic N) is 3. The van der Waals surface area contributed by atoms with Crippen LogP contribution < -0.4 is 4.90 Å². The molecular formula is C21H29N3O3. The summed E-state index contributed by atoms with van der Waals surface area (Å²) >= 11 is 0. The number of anilines is 1. The summed E-state index contributed by atoms with van der Waals surface area (Å²) in [6.07, 6.45) is 4.36. The monoisotopic (exact) mass is 371 g/mol. The Labute approximate surface area is 160 Å². The molecule has 0 aliphatic carbocycles. The summed E-state index contributed by atoms with van der Waals surface area (Å²) in [5.41, 5.74) is 1.37. The van der Waals surface area contributed by atoms with E-state index in [0.29, 0.717) is 12.0 Å². The Bertz CT molecular complexity index is 720. The molecule has 1 aromatic carbocycles. The molecule has 2 atom stereocenters.